The van der Waals surface area contributed by atoms with E-state index in [1.54, 1.807) is 11.3 Å². The lowest BCUT2D eigenvalue weighted by molar-refractivity contribution is 0.0697. The molecule has 1 N–H and O–H groups in total. The van der Waals surface area contributed by atoms with Gasteiger partial charge < -0.3 is 10.0 Å². The lowest BCUT2D eigenvalue weighted by atomic mass is 10.2. The SMILES string of the molecule is CN(Cc1cccs1)c1nccc(C(=O)O)c1Cl. The van der Waals surface area contributed by atoms with Gasteiger partial charge in [0.1, 0.15) is 5.82 Å². The van der Waals surface area contributed by atoms with Crippen LogP contribution in [0.25, 0.3) is 0 Å². The second kappa shape index (κ2) is 5.37. The Morgan fingerprint density at radius 2 is 2.33 bits per heavy atom. The number of carboxylic acid groups (broad SMARTS) is 1. The molecule has 0 fully saturated rings. The smallest absolute Gasteiger partial charge is 0.337 e. The Morgan fingerprint density at radius 1 is 1.56 bits per heavy atom. The number of carbonyl (C=O) groups is 1. The van der Waals surface area contributed by atoms with Gasteiger partial charge in [-0.25, -0.2) is 9.78 Å². The Bertz CT molecular complexity index is 557. The third-order valence-electron chi connectivity index (χ3n) is 2.44. The zero-order valence-corrected chi connectivity index (χ0v) is 11.2. The number of aromatic nitrogens is 1. The molecule has 2 aromatic heterocycles. The van der Waals surface area contributed by atoms with Crippen molar-refractivity contribution in [1.82, 2.24) is 4.98 Å². The summed E-state index contributed by atoms with van der Waals surface area (Å²) in [6.07, 6.45) is 1.45. The van der Waals surface area contributed by atoms with Crippen LogP contribution in [0.15, 0.2) is 29.8 Å². The molecule has 2 aromatic rings. The van der Waals surface area contributed by atoms with E-state index in [0.717, 1.165) is 4.88 Å². The standard InChI is InChI=1S/C12H11ClN2O2S/c1-15(7-8-3-2-6-18-8)11-10(13)9(12(16)17)4-5-14-11/h2-6H,7H2,1H3,(H,16,17). The van der Waals surface area contributed by atoms with Crippen molar-refractivity contribution in [2.24, 2.45) is 0 Å². The largest absolute Gasteiger partial charge is 0.478 e. The van der Waals surface area contributed by atoms with Gasteiger partial charge in [-0.05, 0) is 17.5 Å². The average molecular weight is 283 g/mol. The molecular formula is C12H11ClN2O2S. The molecule has 0 atom stereocenters. The summed E-state index contributed by atoms with van der Waals surface area (Å²) in [5.41, 5.74) is 0.0692. The number of aromatic carboxylic acids is 1. The monoisotopic (exact) mass is 282 g/mol. The van der Waals surface area contributed by atoms with Crippen LogP contribution in [0.2, 0.25) is 5.02 Å². The highest BCUT2D eigenvalue weighted by Gasteiger charge is 2.16. The van der Waals surface area contributed by atoms with Crippen molar-refractivity contribution >= 4 is 34.7 Å². The molecule has 0 unspecified atom stereocenters. The first-order valence-corrected chi connectivity index (χ1v) is 6.46. The summed E-state index contributed by atoms with van der Waals surface area (Å²) in [6.45, 7) is 0.646. The fourth-order valence-electron chi connectivity index (χ4n) is 1.58. The van der Waals surface area contributed by atoms with E-state index in [-0.39, 0.29) is 10.6 Å². The summed E-state index contributed by atoms with van der Waals surface area (Å²) in [7, 11) is 1.83. The molecule has 2 rings (SSSR count). The van der Waals surface area contributed by atoms with E-state index in [2.05, 4.69) is 4.98 Å². The zero-order chi connectivity index (χ0) is 13.1. The number of pyridine rings is 1. The van der Waals surface area contributed by atoms with E-state index in [1.807, 2.05) is 29.5 Å². The molecule has 6 heteroatoms. The Labute approximate surface area is 113 Å². The van der Waals surface area contributed by atoms with E-state index in [1.165, 1.54) is 12.3 Å². The van der Waals surface area contributed by atoms with Gasteiger partial charge in [0.2, 0.25) is 0 Å². The summed E-state index contributed by atoms with van der Waals surface area (Å²) >= 11 is 7.69. The van der Waals surface area contributed by atoms with Crippen molar-refractivity contribution in [3.63, 3.8) is 0 Å². The molecular weight excluding hydrogens is 272 g/mol. The van der Waals surface area contributed by atoms with Gasteiger partial charge in [0.05, 0.1) is 17.1 Å². The van der Waals surface area contributed by atoms with Crippen LogP contribution >= 0.6 is 22.9 Å². The molecule has 94 valence electrons. The number of carboxylic acids is 1. The highest BCUT2D eigenvalue weighted by molar-refractivity contribution is 7.09. The van der Waals surface area contributed by atoms with Crippen molar-refractivity contribution in [2.75, 3.05) is 11.9 Å². The maximum absolute atomic E-state index is 11.0. The van der Waals surface area contributed by atoms with Crippen molar-refractivity contribution in [3.05, 3.63) is 45.2 Å². The second-order valence-electron chi connectivity index (χ2n) is 3.74. The summed E-state index contributed by atoms with van der Waals surface area (Å²) in [6, 6.07) is 5.37. The molecule has 0 bridgehead atoms. The van der Waals surface area contributed by atoms with Crippen LogP contribution in [0.3, 0.4) is 0 Å². The molecule has 0 aliphatic heterocycles. The van der Waals surface area contributed by atoms with Crippen LogP contribution in [0, 0.1) is 0 Å². The number of anilines is 1. The van der Waals surface area contributed by atoms with Gasteiger partial charge in [-0.15, -0.1) is 11.3 Å². The van der Waals surface area contributed by atoms with Crippen LogP contribution < -0.4 is 4.90 Å². The average Bonchev–Trinajstić information content (AvgIpc) is 2.81. The predicted molar refractivity (Wildman–Crippen MR) is 72.6 cm³/mol. The minimum absolute atomic E-state index is 0.0692. The molecule has 0 radical (unpaired) electrons. The highest BCUT2D eigenvalue weighted by Crippen LogP contribution is 2.27. The Morgan fingerprint density at radius 3 is 2.94 bits per heavy atom. The summed E-state index contributed by atoms with van der Waals surface area (Å²) in [5.74, 6) is -0.571. The van der Waals surface area contributed by atoms with Crippen LogP contribution in [-0.4, -0.2) is 23.1 Å². The Balaban J connectivity index is 2.27. The van der Waals surface area contributed by atoms with Gasteiger partial charge in [0.15, 0.2) is 0 Å². The van der Waals surface area contributed by atoms with E-state index in [9.17, 15) is 4.79 Å². The highest BCUT2D eigenvalue weighted by atomic mass is 35.5. The third kappa shape index (κ3) is 2.63. The normalized spacial score (nSPS) is 10.3. The van der Waals surface area contributed by atoms with Crippen molar-refractivity contribution in [2.45, 2.75) is 6.54 Å². The van der Waals surface area contributed by atoms with Crippen LogP contribution in [0.5, 0.6) is 0 Å². The fraction of sp³-hybridized carbons (Fsp3) is 0.167. The lowest BCUT2D eigenvalue weighted by Crippen LogP contribution is -2.18. The van der Waals surface area contributed by atoms with Crippen molar-refractivity contribution in [1.29, 1.82) is 0 Å². The third-order valence-corrected chi connectivity index (χ3v) is 3.67. The number of nitrogens with zero attached hydrogens (tertiary/aromatic N) is 2. The molecule has 4 nitrogen and oxygen atoms in total. The molecule has 0 spiro atoms. The molecule has 0 saturated carbocycles. The van der Waals surface area contributed by atoms with E-state index >= 15 is 0 Å². The molecule has 0 aliphatic carbocycles. The second-order valence-corrected chi connectivity index (χ2v) is 5.15. The first-order chi connectivity index (χ1) is 8.59. The summed E-state index contributed by atoms with van der Waals surface area (Å²) in [4.78, 5) is 18.1. The molecule has 18 heavy (non-hydrogen) atoms. The lowest BCUT2D eigenvalue weighted by Gasteiger charge is -2.19. The van der Waals surface area contributed by atoms with Gasteiger partial charge in [0, 0.05) is 18.1 Å². The number of rotatable bonds is 4. The number of halogens is 1. The minimum Gasteiger partial charge on any atom is -0.478 e. The van der Waals surface area contributed by atoms with E-state index in [0.29, 0.717) is 12.4 Å². The summed E-state index contributed by atoms with van der Waals surface area (Å²) < 4.78 is 0. The Hall–Kier alpha value is -1.59. The van der Waals surface area contributed by atoms with Gasteiger partial charge >= 0.3 is 5.97 Å². The minimum atomic E-state index is -1.05. The first-order valence-electron chi connectivity index (χ1n) is 5.21. The Kier molecular flexibility index (Phi) is 3.84. The van der Waals surface area contributed by atoms with Crippen LogP contribution in [-0.2, 0) is 6.54 Å². The zero-order valence-electron chi connectivity index (χ0n) is 9.63. The predicted octanol–water partition coefficient (Wildman–Crippen LogP) is 3.13. The maximum atomic E-state index is 11.0. The first kappa shape index (κ1) is 12.9. The molecule has 2 heterocycles. The van der Waals surface area contributed by atoms with Crippen LogP contribution in [0.4, 0.5) is 5.82 Å². The molecule has 0 aromatic carbocycles. The molecule has 0 saturated heterocycles. The molecule has 0 aliphatic rings. The van der Waals surface area contributed by atoms with Crippen molar-refractivity contribution in [3.8, 4) is 0 Å². The van der Waals surface area contributed by atoms with Gasteiger partial charge in [-0.2, -0.15) is 0 Å². The topological polar surface area (TPSA) is 53.4 Å². The number of hydrogen-bond donors (Lipinski definition) is 1. The van der Waals surface area contributed by atoms with E-state index in [4.69, 9.17) is 16.7 Å². The number of thiophene rings is 1. The fourth-order valence-corrected chi connectivity index (χ4v) is 2.67. The van der Waals surface area contributed by atoms with Gasteiger partial charge in [-0.1, -0.05) is 17.7 Å². The number of hydrogen-bond acceptors (Lipinski definition) is 4. The summed E-state index contributed by atoms with van der Waals surface area (Å²) in [5, 5.41) is 11.2. The van der Waals surface area contributed by atoms with Crippen molar-refractivity contribution < 1.29 is 9.90 Å². The van der Waals surface area contributed by atoms with E-state index < -0.39 is 5.97 Å². The van der Waals surface area contributed by atoms with Crippen LogP contribution in [0.1, 0.15) is 15.2 Å². The quantitative estimate of drug-likeness (QED) is 0.936. The van der Waals surface area contributed by atoms with Gasteiger partial charge in [-0.3, -0.25) is 0 Å². The molecule has 0 amide bonds. The van der Waals surface area contributed by atoms with Gasteiger partial charge in [0.25, 0.3) is 0 Å². The maximum Gasteiger partial charge on any atom is 0.337 e.